The quantitative estimate of drug-likeness (QED) is 0.252. The Morgan fingerprint density at radius 1 is 1.12 bits per heavy atom. The van der Waals surface area contributed by atoms with Gasteiger partial charge in [0.1, 0.15) is 12.9 Å². The van der Waals surface area contributed by atoms with Crippen molar-refractivity contribution in [2.24, 2.45) is 12.0 Å². The topological polar surface area (TPSA) is 62.7 Å². The van der Waals surface area contributed by atoms with Gasteiger partial charge in [-0.15, -0.1) is 0 Å². The van der Waals surface area contributed by atoms with Gasteiger partial charge < -0.3 is 13.7 Å². The zero-order chi connectivity index (χ0) is 23.1. The summed E-state index contributed by atoms with van der Waals surface area (Å²) >= 11 is 0. The molecule has 0 bridgehead atoms. The number of furan rings is 1. The molecular formula is C27H24N5O2+. The molecular weight excluding hydrogens is 426 g/mol. The Balaban J connectivity index is 1.35. The predicted octanol–water partition coefficient (Wildman–Crippen LogP) is 5.54. The number of para-hydroxylation sites is 1. The summed E-state index contributed by atoms with van der Waals surface area (Å²) in [7, 11) is 4.21. The third-order valence-corrected chi connectivity index (χ3v) is 6.25. The smallest absolute Gasteiger partial charge is 0.318 e. The van der Waals surface area contributed by atoms with Gasteiger partial charge in [-0.25, -0.2) is 14.1 Å². The maximum atomic E-state index is 5.38. The van der Waals surface area contributed by atoms with E-state index in [1.54, 1.807) is 12.5 Å². The van der Waals surface area contributed by atoms with E-state index in [-0.39, 0.29) is 0 Å². The minimum absolute atomic E-state index is 0.410. The van der Waals surface area contributed by atoms with Crippen LogP contribution in [0, 0.1) is 0 Å². The van der Waals surface area contributed by atoms with E-state index in [2.05, 4.69) is 81.9 Å². The van der Waals surface area contributed by atoms with E-state index < -0.39 is 0 Å². The van der Waals surface area contributed by atoms with Crippen LogP contribution in [0.3, 0.4) is 0 Å². The number of aryl methyl sites for hydroxylation is 1. The number of hydrogen-bond donors (Lipinski definition) is 0. The predicted molar refractivity (Wildman–Crippen MR) is 134 cm³/mol. The summed E-state index contributed by atoms with van der Waals surface area (Å²) in [4.78, 5) is 11.1. The second-order valence-electron chi connectivity index (χ2n) is 8.40. The molecule has 0 fully saturated rings. The minimum Gasteiger partial charge on any atom is -0.432 e. The Hall–Kier alpha value is -4.39. The fraction of sp³-hybridized carbons (Fsp3) is 0.148. The van der Waals surface area contributed by atoms with E-state index in [9.17, 15) is 0 Å². The van der Waals surface area contributed by atoms with Crippen molar-refractivity contribution >= 4 is 40.9 Å². The van der Waals surface area contributed by atoms with Gasteiger partial charge in [-0.2, -0.15) is 0 Å². The van der Waals surface area contributed by atoms with E-state index in [1.807, 2.05) is 18.2 Å². The van der Waals surface area contributed by atoms with Crippen molar-refractivity contribution in [2.45, 2.75) is 6.42 Å². The van der Waals surface area contributed by atoms with Crippen molar-refractivity contribution in [1.82, 2.24) is 9.55 Å². The summed E-state index contributed by atoms with van der Waals surface area (Å²) in [6.07, 6.45) is 10.2. The van der Waals surface area contributed by atoms with Gasteiger partial charge in [0.25, 0.3) is 5.82 Å². The van der Waals surface area contributed by atoms with Crippen molar-refractivity contribution in [2.75, 3.05) is 18.6 Å². The molecule has 5 aromatic rings. The highest BCUT2D eigenvalue weighted by Crippen LogP contribution is 2.37. The first-order valence-corrected chi connectivity index (χ1v) is 11.2. The Kier molecular flexibility index (Phi) is 4.87. The van der Waals surface area contributed by atoms with Crippen LogP contribution >= 0.6 is 0 Å². The van der Waals surface area contributed by atoms with Crippen LogP contribution in [0.1, 0.15) is 11.1 Å². The van der Waals surface area contributed by atoms with Crippen LogP contribution < -0.4 is 4.90 Å². The summed E-state index contributed by atoms with van der Waals surface area (Å²) in [5.41, 5.74) is 7.45. The van der Waals surface area contributed by atoms with Gasteiger partial charge in [0.15, 0.2) is 11.9 Å². The van der Waals surface area contributed by atoms with Gasteiger partial charge in [-0.3, -0.25) is 4.99 Å². The summed E-state index contributed by atoms with van der Waals surface area (Å²) in [6, 6.07) is 19.0. The lowest BCUT2D eigenvalue weighted by molar-refractivity contribution is -0.403. The van der Waals surface area contributed by atoms with E-state index in [1.165, 1.54) is 28.9 Å². The maximum absolute atomic E-state index is 5.38. The van der Waals surface area contributed by atoms with E-state index >= 15 is 0 Å². The molecule has 6 rings (SSSR count). The van der Waals surface area contributed by atoms with E-state index in [0.717, 1.165) is 23.4 Å². The van der Waals surface area contributed by atoms with E-state index in [0.29, 0.717) is 18.0 Å². The normalized spacial score (nSPS) is 13.1. The highest BCUT2D eigenvalue weighted by atomic mass is 16.5. The number of benzene rings is 2. The molecule has 0 N–H and O–H groups in total. The molecule has 0 amide bonds. The molecule has 0 radical (unpaired) electrons. The van der Waals surface area contributed by atoms with E-state index in [4.69, 9.17) is 13.8 Å². The molecule has 0 saturated carbocycles. The number of aliphatic imine (C=N–C) groups is 1. The second kappa shape index (κ2) is 8.19. The van der Waals surface area contributed by atoms with Gasteiger partial charge in [-0.1, -0.05) is 30.3 Å². The zero-order valence-electron chi connectivity index (χ0n) is 19.0. The first-order valence-electron chi connectivity index (χ1n) is 11.2. The summed E-state index contributed by atoms with van der Waals surface area (Å²) in [6.45, 7) is 0.446. The van der Waals surface area contributed by atoms with Crippen molar-refractivity contribution in [3.05, 3.63) is 84.6 Å². The Morgan fingerprint density at radius 2 is 1.97 bits per heavy atom. The molecule has 34 heavy (non-hydrogen) atoms. The summed E-state index contributed by atoms with van der Waals surface area (Å²) in [5, 5.41) is 0. The number of aromatic nitrogens is 2. The van der Waals surface area contributed by atoms with Gasteiger partial charge in [0.05, 0.1) is 37.6 Å². The highest BCUT2D eigenvalue weighted by Gasteiger charge is 2.27. The van der Waals surface area contributed by atoms with Crippen LogP contribution in [0.25, 0.3) is 22.4 Å². The third kappa shape index (κ3) is 3.42. The average molecular weight is 451 g/mol. The van der Waals surface area contributed by atoms with Gasteiger partial charge in [-0.05, 0) is 29.8 Å². The lowest BCUT2D eigenvalue weighted by Crippen LogP contribution is -2.17. The van der Waals surface area contributed by atoms with Gasteiger partial charge >= 0.3 is 5.78 Å². The number of hydrogen-bond acceptors (Lipinski definition) is 5. The van der Waals surface area contributed by atoms with Crippen LogP contribution in [0.5, 0.6) is 0 Å². The molecule has 2 aromatic carbocycles. The molecule has 1 aliphatic heterocycles. The molecule has 0 aliphatic carbocycles. The molecule has 168 valence electrons. The Bertz CT molecular complexity index is 1540. The second-order valence-corrected chi connectivity index (χ2v) is 8.40. The standard InChI is InChI=1S/C27H24N5O2/c1-30-12-11-23-24(15-31(2)26(23)30)19-7-6-10-22(13-19)32(21-8-4-3-5-9-21)17-28-14-20-16-33-27-25(20)29-18-34-27/h3-10,12-16,18H,11,17H2,1-2H3/q+1. The molecule has 4 heterocycles. The first kappa shape index (κ1) is 20.2. The van der Waals surface area contributed by atoms with Gasteiger partial charge in [0, 0.05) is 29.6 Å². The fourth-order valence-electron chi connectivity index (χ4n) is 4.65. The molecule has 0 unspecified atom stereocenters. The molecule has 1 aliphatic rings. The third-order valence-electron chi connectivity index (χ3n) is 6.25. The summed E-state index contributed by atoms with van der Waals surface area (Å²) < 4.78 is 15.0. The number of oxazole rings is 1. The zero-order valence-corrected chi connectivity index (χ0v) is 19.0. The molecule has 0 atom stereocenters. The average Bonchev–Trinajstić information content (AvgIpc) is 3.63. The lowest BCUT2D eigenvalue weighted by Gasteiger charge is -2.23. The largest absolute Gasteiger partial charge is 0.432 e. The monoisotopic (exact) mass is 450 g/mol. The van der Waals surface area contributed by atoms with Crippen LogP contribution in [0.4, 0.5) is 17.2 Å². The van der Waals surface area contributed by atoms with Crippen LogP contribution in [0.2, 0.25) is 0 Å². The first-order chi connectivity index (χ1) is 16.7. The molecule has 3 aromatic heterocycles. The highest BCUT2D eigenvalue weighted by molar-refractivity contribution is 5.93. The number of fused-ring (bicyclic) bond motifs is 2. The van der Waals surface area contributed by atoms with Gasteiger partial charge in [0.2, 0.25) is 0 Å². The Morgan fingerprint density at radius 3 is 2.85 bits per heavy atom. The molecule has 0 saturated heterocycles. The molecule has 0 spiro atoms. The number of anilines is 2. The van der Waals surface area contributed by atoms with Crippen LogP contribution in [-0.4, -0.2) is 40.3 Å². The Labute approximate surface area is 196 Å². The minimum atomic E-state index is 0.410. The van der Waals surface area contributed by atoms with Crippen LogP contribution in [-0.2, 0) is 13.5 Å². The number of nitrogens with zero attached hydrogens (tertiary/aromatic N) is 5. The summed E-state index contributed by atoms with van der Waals surface area (Å²) in [5.74, 6) is 1.66. The number of rotatable bonds is 6. The maximum Gasteiger partial charge on any atom is 0.318 e. The van der Waals surface area contributed by atoms with Crippen LogP contribution in [0.15, 0.2) is 87.3 Å². The fourth-order valence-corrected chi connectivity index (χ4v) is 4.65. The molecule has 7 nitrogen and oxygen atoms in total. The van der Waals surface area contributed by atoms with Crippen molar-refractivity contribution in [3.8, 4) is 11.1 Å². The van der Waals surface area contributed by atoms with Crippen molar-refractivity contribution in [3.63, 3.8) is 0 Å². The van der Waals surface area contributed by atoms with Crippen molar-refractivity contribution in [1.29, 1.82) is 0 Å². The van der Waals surface area contributed by atoms with Crippen molar-refractivity contribution < 1.29 is 13.4 Å². The molecule has 7 heteroatoms. The SMILES string of the molecule is Cn1cc(-c2cccc(N(CN=Cc3coc4ocnc34)c3ccccc3)c2)c2c1[N+](C)=CC2. The lowest BCUT2D eigenvalue weighted by atomic mass is 10.0.